The lowest BCUT2D eigenvalue weighted by Crippen LogP contribution is -2.33. The minimum absolute atomic E-state index is 0.345. The Labute approximate surface area is 107 Å². The number of ether oxygens (including phenoxy) is 1. The van der Waals surface area contributed by atoms with Crippen molar-refractivity contribution in [3.8, 4) is 5.75 Å². The molecule has 2 atom stereocenters. The van der Waals surface area contributed by atoms with Crippen LogP contribution in [-0.4, -0.2) is 31.1 Å². The maximum Gasteiger partial charge on any atom is 0.314 e. The average molecular weight is 246 g/mol. The molecule has 1 aliphatic carbocycles. The smallest absolute Gasteiger partial charge is 0.314 e. The van der Waals surface area contributed by atoms with Gasteiger partial charge in [-0.3, -0.25) is 0 Å². The van der Waals surface area contributed by atoms with E-state index in [1.165, 1.54) is 11.1 Å². The molecule has 1 saturated carbocycles. The summed E-state index contributed by atoms with van der Waals surface area (Å²) in [5.74, 6) is 2.17. The molecule has 3 rings (SSSR count). The van der Waals surface area contributed by atoms with Gasteiger partial charge in [-0.25, -0.2) is 4.79 Å². The second-order valence-corrected chi connectivity index (χ2v) is 5.24. The number of amides is 2. The van der Waals surface area contributed by atoms with Crippen molar-refractivity contribution in [2.24, 2.45) is 11.7 Å². The van der Waals surface area contributed by atoms with Crippen molar-refractivity contribution < 1.29 is 9.53 Å². The summed E-state index contributed by atoms with van der Waals surface area (Å²) in [6, 6.07) is 5.95. The predicted molar refractivity (Wildman–Crippen MR) is 68.7 cm³/mol. The third-order valence-corrected chi connectivity index (χ3v) is 3.99. The van der Waals surface area contributed by atoms with Gasteiger partial charge in [0.2, 0.25) is 0 Å². The van der Waals surface area contributed by atoms with E-state index in [0.717, 1.165) is 31.7 Å². The van der Waals surface area contributed by atoms with Gasteiger partial charge in [0.25, 0.3) is 0 Å². The van der Waals surface area contributed by atoms with Crippen LogP contribution in [0.2, 0.25) is 0 Å². The number of hydrogen-bond acceptors (Lipinski definition) is 2. The molecule has 96 valence electrons. The number of benzene rings is 1. The third kappa shape index (κ3) is 1.92. The van der Waals surface area contributed by atoms with Gasteiger partial charge in [-0.05, 0) is 29.9 Å². The van der Waals surface area contributed by atoms with E-state index in [1.54, 1.807) is 11.9 Å². The molecule has 1 heterocycles. The zero-order valence-electron chi connectivity index (χ0n) is 10.6. The molecule has 2 aliphatic rings. The molecule has 2 N–H and O–H groups in total. The van der Waals surface area contributed by atoms with E-state index in [9.17, 15) is 4.79 Å². The molecule has 0 radical (unpaired) electrons. The summed E-state index contributed by atoms with van der Waals surface area (Å²) in [6.45, 7) is 1.55. The predicted octanol–water partition coefficient (Wildman–Crippen LogP) is 1.74. The molecular formula is C14H18N2O2. The molecule has 0 spiro atoms. The molecule has 4 nitrogen and oxygen atoms in total. The van der Waals surface area contributed by atoms with E-state index < -0.39 is 0 Å². The fraction of sp³-hybridized carbons (Fsp3) is 0.500. The molecule has 1 aliphatic heterocycles. The number of carbonyl (C=O) groups excluding carboxylic acids is 1. The minimum Gasteiger partial charge on any atom is -0.493 e. The molecule has 1 fully saturated rings. The van der Waals surface area contributed by atoms with E-state index in [-0.39, 0.29) is 6.03 Å². The molecule has 0 unspecified atom stereocenters. The van der Waals surface area contributed by atoms with E-state index in [0.29, 0.717) is 11.8 Å². The van der Waals surface area contributed by atoms with Crippen LogP contribution in [0.3, 0.4) is 0 Å². The zero-order valence-corrected chi connectivity index (χ0v) is 10.6. The number of urea groups is 1. The van der Waals surface area contributed by atoms with Crippen molar-refractivity contribution in [2.45, 2.75) is 18.8 Å². The summed E-state index contributed by atoms with van der Waals surface area (Å²) < 4.78 is 5.59. The summed E-state index contributed by atoms with van der Waals surface area (Å²) in [4.78, 5) is 12.6. The first-order valence-electron chi connectivity index (χ1n) is 6.42. The maximum absolute atomic E-state index is 11.0. The standard InChI is InChI=1S/C14H18N2O2/c1-16(14(15)17)8-9-7-12(9)10-3-2-4-13-11(10)5-6-18-13/h2-4,9,12H,5-8H2,1H3,(H2,15,17)/t9-,12+/m0/s1. The lowest BCUT2D eigenvalue weighted by atomic mass is 10.00. The van der Waals surface area contributed by atoms with Crippen molar-refractivity contribution in [1.29, 1.82) is 0 Å². The lowest BCUT2D eigenvalue weighted by Gasteiger charge is -2.14. The fourth-order valence-corrected chi connectivity index (χ4v) is 2.87. The second-order valence-electron chi connectivity index (χ2n) is 5.24. The number of primary amides is 1. The van der Waals surface area contributed by atoms with Crippen LogP contribution in [0.1, 0.15) is 23.5 Å². The Morgan fingerprint density at radius 3 is 3.17 bits per heavy atom. The van der Waals surface area contributed by atoms with Crippen LogP contribution in [0.5, 0.6) is 5.75 Å². The third-order valence-electron chi connectivity index (χ3n) is 3.99. The van der Waals surface area contributed by atoms with Gasteiger partial charge < -0.3 is 15.4 Å². The normalized spacial score (nSPS) is 24.3. The van der Waals surface area contributed by atoms with Gasteiger partial charge in [0.15, 0.2) is 0 Å². The van der Waals surface area contributed by atoms with Crippen LogP contribution in [0.15, 0.2) is 18.2 Å². The molecule has 0 aromatic heterocycles. The van der Waals surface area contributed by atoms with Crippen LogP contribution in [0.25, 0.3) is 0 Å². The summed E-state index contributed by atoms with van der Waals surface area (Å²) >= 11 is 0. The average Bonchev–Trinajstić information content (AvgIpc) is 2.93. The van der Waals surface area contributed by atoms with Crippen LogP contribution in [-0.2, 0) is 6.42 Å². The number of rotatable bonds is 3. The van der Waals surface area contributed by atoms with Crippen LogP contribution < -0.4 is 10.5 Å². The fourth-order valence-electron chi connectivity index (χ4n) is 2.87. The Morgan fingerprint density at radius 2 is 2.39 bits per heavy atom. The Morgan fingerprint density at radius 1 is 1.56 bits per heavy atom. The highest BCUT2D eigenvalue weighted by molar-refractivity contribution is 5.71. The Balaban J connectivity index is 1.72. The Bertz CT molecular complexity index is 487. The molecule has 0 bridgehead atoms. The van der Waals surface area contributed by atoms with Crippen molar-refractivity contribution in [3.05, 3.63) is 29.3 Å². The van der Waals surface area contributed by atoms with Gasteiger partial charge in [-0.15, -0.1) is 0 Å². The highest BCUT2D eigenvalue weighted by atomic mass is 16.5. The summed E-state index contributed by atoms with van der Waals surface area (Å²) in [7, 11) is 1.76. The monoisotopic (exact) mass is 246 g/mol. The van der Waals surface area contributed by atoms with Gasteiger partial charge in [0.05, 0.1) is 6.61 Å². The molecule has 1 aromatic rings. The largest absolute Gasteiger partial charge is 0.493 e. The van der Waals surface area contributed by atoms with Crippen LogP contribution in [0, 0.1) is 5.92 Å². The Kier molecular flexibility index (Phi) is 2.65. The van der Waals surface area contributed by atoms with Gasteiger partial charge >= 0.3 is 6.03 Å². The zero-order chi connectivity index (χ0) is 12.7. The first-order valence-corrected chi connectivity index (χ1v) is 6.42. The first kappa shape index (κ1) is 11.4. The molecule has 1 aromatic carbocycles. The van der Waals surface area contributed by atoms with Crippen LogP contribution in [0.4, 0.5) is 4.79 Å². The highest BCUT2D eigenvalue weighted by Gasteiger charge is 2.41. The molecule has 18 heavy (non-hydrogen) atoms. The summed E-state index contributed by atoms with van der Waals surface area (Å²) in [5.41, 5.74) is 8.03. The SMILES string of the molecule is CN(C[C@@H]1C[C@H]1c1cccc2c1CCO2)C(N)=O. The number of nitrogens with zero attached hydrogens (tertiary/aromatic N) is 1. The van der Waals surface area contributed by atoms with Gasteiger partial charge in [-0.2, -0.15) is 0 Å². The van der Waals surface area contributed by atoms with E-state index in [2.05, 4.69) is 12.1 Å². The first-order chi connectivity index (χ1) is 8.66. The molecule has 2 amide bonds. The van der Waals surface area contributed by atoms with E-state index in [4.69, 9.17) is 10.5 Å². The Hall–Kier alpha value is -1.71. The number of hydrogen-bond donors (Lipinski definition) is 1. The van der Waals surface area contributed by atoms with Crippen LogP contribution >= 0.6 is 0 Å². The van der Waals surface area contributed by atoms with E-state index in [1.807, 2.05) is 6.07 Å². The van der Waals surface area contributed by atoms with Crippen molar-refractivity contribution in [3.63, 3.8) is 0 Å². The quantitative estimate of drug-likeness (QED) is 0.883. The topological polar surface area (TPSA) is 55.6 Å². The van der Waals surface area contributed by atoms with Crippen molar-refractivity contribution in [2.75, 3.05) is 20.2 Å². The number of nitrogens with two attached hydrogens (primary N) is 1. The van der Waals surface area contributed by atoms with E-state index >= 15 is 0 Å². The molecule has 0 saturated heterocycles. The van der Waals surface area contributed by atoms with Crippen molar-refractivity contribution >= 4 is 6.03 Å². The van der Waals surface area contributed by atoms with Crippen molar-refractivity contribution in [1.82, 2.24) is 4.90 Å². The van der Waals surface area contributed by atoms with Gasteiger partial charge in [0, 0.05) is 25.6 Å². The highest BCUT2D eigenvalue weighted by Crippen LogP contribution is 2.50. The minimum atomic E-state index is -0.345. The number of fused-ring (bicyclic) bond motifs is 1. The molecule has 4 heteroatoms. The van der Waals surface area contributed by atoms with Gasteiger partial charge in [-0.1, -0.05) is 12.1 Å². The maximum atomic E-state index is 11.0. The molecular weight excluding hydrogens is 228 g/mol. The second kappa shape index (κ2) is 4.19. The number of carbonyl (C=O) groups is 1. The summed E-state index contributed by atoms with van der Waals surface area (Å²) in [5, 5.41) is 0. The lowest BCUT2D eigenvalue weighted by molar-refractivity contribution is 0.216. The summed E-state index contributed by atoms with van der Waals surface area (Å²) in [6.07, 6.45) is 2.16. The van der Waals surface area contributed by atoms with Gasteiger partial charge in [0.1, 0.15) is 5.75 Å².